The van der Waals surface area contributed by atoms with Gasteiger partial charge in [0.1, 0.15) is 0 Å². The maximum absolute atomic E-state index is 4.41. The van der Waals surface area contributed by atoms with Gasteiger partial charge in [-0.05, 0) is 12.5 Å². The first kappa shape index (κ1) is 9.59. The molecule has 1 aliphatic heterocycles. The van der Waals surface area contributed by atoms with Crippen molar-refractivity contribution in [2.45, 2.75) is 6.92 Å². The summed E-state index contributed by atoms with van der Waals surface area (Å²) in [5.74, 6) is 2.23. The van der Waals surface area contributed by atoms with Gasteiger partial charge in [0.2, 0.25) is 0 Å². The molecule has 0 aromatic heterocycles. The van der Waals surface area contributed by atoms with Crippen LogP contribution in [0.1, 0.15) is 11.1 Å². The highest BCUT2D eigenvalue weighted by molar-refractivity contribution is 7.99. The van der Waals surface area contributed by atoms with Gasteiger partial charge in [-0.15, -0.1) is 11.8 Å². The van der Waals surface area contributed by atoms with Gasteiger partial charge in [-0.2, -0.15) is 5.10 Å². The van der Waals surface area contributed by atoms with E-state index in [1.165, 1.54) is 16.9 Å². The van der Waals surface area contributed by atoms with Crippen molar-refractivity contribution >= 4 is 18.0 Å². The van der Waals surface area contributed by atoms with E-state index < -0.39 is 0 Å². The van der Waals surface area contributed by atoms with Crippen molar-refractivity contribution in [3.63, 3.8) is 0 Å². The molecule has 0 radical (unpaired) electrons. The van der Waals surface area contributed by atoms with Gasteiger partial charge in [0.05, 0.1) is 12.1 Å². The number of aryl methyl sites for hydroxylation is 1. The molecule has 0 saturated carbocycles. The third-order valence-electron chi connectivity index (χ3n) is 2.18. The Balaban J connectivity index is 1.99. The number of rotatable bonds is 2. The topological polar surface area (TPSA) is 15.6 Å². The molecule has 0 N–H and O–H groups in total. The molecular formula is C11H14N2S. The second kappa shape index (κ2) is 4.51. The number of hydrogen-bond acceptors (Lipinski definition) is 3. The fraction of sp³-hybridized carbons (Fsp3) is 0.364. The summed E-state index contributed by atoms with van der Waals surface area (Å²) in [6, 6.07) is 8.42. The van der Waals surface area contributed by atoms with Crippen LogP contribution in [-0.2, 0) is 0 Å². The minimum absolute atomic E-state index is 1.03. The fourth-order valence-electron chi connectivity index (χ4n) is 1.30. The Kier molecular flexibility index (Phi) is 3.09. The van der Waals surface area contributed by atoms with Gasteiger partial charge in [0.25, 0.3) is 0 Å². The van der Waals surface area contributed by atoms with Gasteiger partial charge >= 0.3 is 0 Å². The molecule has 1 aromatic rings. The van der Waals surface area contributed by atoms with E-state index in [-0.39, 0.29) is 0 Å². The van der Waals surface area contributed by atoms with Crippen LogP contribution < -0.4 is 0 Å². The minimum atomic E-state index is 1.03. The molecule has 1 heterocycles. The Labute approximate surface area is 89.0 Å². The molecule has 1 saturated heterocycles. The molecule has 0 aliphatic carbocycles. The second-order valence-corrected chi connectivity index (χ2v) is 4.50. The number of hydrazone groups is 1. The van der Waals surface area contributed by atoms with Crippen LogP contribution in [0.4, 0.5) is 0 Å². The van der Waals surface area contributed by atoms with E-state index in [2.05, 4.69) is 41.3 Å². The maximum atomic E-state index is 4.41. The van der Waals surface area contributed by atoms with E-state index in [0.717, 1.165) is 12.4 Å². The SMILES string of the molecule is Cc1ccc(C=NN2CCSC2)cc1. The van der Waals surface area contributed by atoms with Crippen LogP contribution in [-0.4, -0.2) is 29.4 Å². The lowest BCUT2D eigenvalue weighted by Gasteiger charge is -2.07. The largest absolute Gasteiger partial charge is 0.286 e. The van der Waals surface area contributed by atoms with E-state index >= 15 is 0 Å². The van der Waals surface area contributed by atoms with Crippen molar-refractivity contribution in [1.29, 1.82) is 0 Å². The zero-order valence-electron chi connectivity index (χ0n) is 8.31. The molecule has 0 spiro atoms. The monoisotopic (exact) mass is 206 g/mol. The van der Waals surface area contributed by atoms with Crippen molar-refractivity contribution in [3.05, 3.63) is 35.4 Å². The lowest BCUT2D eigenvalue weighted by molar-refractivity contribution is 0.381. The van der Waals surface area contributed by atoms with Crippen molar-refractivity contribution < 1.29 is 0 Å². The van der Waals surface area contributed by atoms with Crippen LogP contribution in [0.15, 0.2) is 29.4 Å². The van der Waals surface area contributed by atoms with Crippen molar-refractivity contribution in [3.8, 4) is 0 Å². The summed E-state index contributed by atoms with van der Waals surface area (Å²) in [5, 5.41) is 6.51. The summed E-state index contributed by atoms with van der Waals surface area (Å²) in [7, 11) is 0. The van der Waals surface area contributed by atoms with Crippen molar-refractivity contribution in [2.75, 3.05) is 18.2 Å². The maximum Gasteiger partial charge on any atom is 0.0815 e. The number of thioether (sulfide) groups is 1. The summed E-state index contributed by atoms with van der Waals surface area (Å²) >= 11 is 1.93. The van der Waals surface area contributed by atoms with Gasteiger partial charge in [0.15, 0.2) is 0 Å². The Morgan fingerprint density at radius 1 is 1.36 bits per heavy atom. The van der Waals surface area contributed by atoms with Gasteiger partial charge < -0.3 is 0 Å². The average molecular weight is 206 g/mol. The Morgan fingerprint density at radius 3 is 2.79 bits per heavy atom. The minimum Gasteiger partial charge on any atom is -0.286 e. The second-order valence-electron chi connectivity index (χ2n) is 3.42. The summed E-state index contributed by atoms with van der Waals surface area (Å²) < 4.78 is 0. The van der Waals surface area contributed by atoms with Crippen LogP contribution in [0.5, 0.6) is 0 Å². The lowest BCUT2D eigenvalue weighted by atomic mass is 10.2. The van der Waals surface area contributed by atoms with Crippen LogP contribution in [0.3, 0.4) is 0 Å². The van der Waals surface area contributed by atoms with Crippen molar-refractivity contribution in [1.82, 2.24) is 5.01 Å². The van der Waals surface area contributed by atoms with Crippen molar-refractivity contribution in [2.24, 2.45) is 5.10 Å². The molecule has 1 fully saturated rings. The molecular weight excluding hydrogens is 192 g/mol. The normalized spacial score (nSPS) is 16.8. The zero-order chi connectivity index (χ0) is 9.80. The van der Waals surface area contributed by atoms with Gasteiger partial charge in [0, 0.05) is 12.3 Å². The molecule has 2 rings (SSSR count). The third kappa shape index (κ3) is 2.51. The number of nitrogens with zero attached hydrogens (tertiary/aromatic N) is 2. The lowest BCUT2D eigenvalue weighted by Crippen LogP contribution is -2.11. The molecule has 1 aromatic carbocycles. The molecule has 3 heteroatoms. The molecule has 0 atom stereocenters. The molecule has 0 unspecified atom stereocenters. The van der Waals surface area contributed by atoms with E-state index in [0.29, 0.717) is 0 Å². The molecule has 2 nitrogen and oxygen atoms in total. The summed E-state index contributed by atoms with van der Waals surface area (Å²) in [6.07, 6.45) is 1.94. The van der Waals surface area contributed by atoms with Gasteiger partial charge in [-0.25, -0.2) is 0 Å². The Bertz CT molecular complexity index is 313. The molecule has 0 amide bonds. The van der Waals surface area contributed by atoms with E-state index in [4.69, 9.17) is 0 Å². The molecule has 0 bridgehead atoms. The van der Waals surface area contributed by atoms with Crippen LogP contribution in [0, 0.1) is 6.92 Å². The van der Waals surface area contributed by atoms with Crippen LogP contribution in [0.2, 0.25) is 0 Å². The first-order chi connectivity index (χ1) is 6.84. The van der Waals surface area contributed by atoms with Gasteiger partial charge in [-0.3, -0.25) is 5.01 Å². The summed E-state index contributed by atoms with van der Waals surface area (Å²) in [4.78, 5) is 0. The summed E-state index contributed by atoms with van der Waals surface area (Å²) in [5.41, 5.74) is 2.46. The highest BCUT2D eigenvalue weighted by Crippen LogP contribution is 2.13. The molecule has 1 aliphatic rings. The first-order valence-electron chi connectivity index (χ1n) is 4.78. The van der Waals surface area contributed by atoms with Crippen LogP contribution in [0.25, 0.3) is 0 Å². The molecule has 14 heavy (non-hydrogen) atoms. The zero-order valence-corrected chi connectivity index (χ0v) is 9.13. The standard InChI is InChI=1S/C11H14N2S/c1-10-2-4-11(5-3-10)8-12-13-6-7-14-9-13/h2-5,8H,6-7,9H2,1H3. The predicted octanol–water partition coefficient (Wildman–Crippen LogP) is 2.34. The predicted molar refractivity (Wildman–Crippen MR) is 62.8 cm³/mol. The molecule has 74 valence electrons. The van der Waals surface area contributed by atoms with E-state index in [1.54, 1.807) is 0 Å². The van der Waals surface area contributed by atoms with Crippen LogP contribution >= 0.6 is 11.8 Å². The first-order valence-corrected chi connectivity index (χ1v) is 5.93. The third-order valence-corrected chi connectivity index (χ3v) is 3.13. The number of benzene rings is 1. The van der Waals surface area contributed by atoms with E-state index in [1.807, 2.05) is 18.0 Å². The highest BCUT2D eigenvalue weighted by atomic mass is 32.2. The fourth-order valence-corrected chi connectivity index (χ4v) is 2.17. The highest BCUT2D eigenvalue weighted by Gasteiger charge is 2.07. The van der Waals surface area contributed by atoms with E-state index in [9.17, 15) is 0 Å². The number of hydrogen-bond donors (Lipinski definition) is 0. The average Bonchev–Trinajstić information content (AvgIpc) is 2.70. The smallest absolute Gasteiger partial charge is 0.0815 e. The quantitative estimate of drug-likeness (QED) is 0.690. The Morgan fingerprint density at radius 2 is 2.14 bits per heavy atom. The van der Waals surface area contributed by atoms with Gasteiger partial charge in [-0.1, -0.05) is 29.8 Å². The Hall–Kier alpha value is -0.960. The summed E-state index contributed by atoms with van der Waals surface area (Å²) in [6.45, 7) is 3.17.